The zero-order chi connectivity index (χ0) is 16.1. The van der Waals surface area contributed by atoms with E-state index in [1.807, 2.05) is 0 Å². The van der Waals surface area contributed by atoms with Crippen LogP contribution in [0.3, 0.4) is 0 Å². The molecule has 2 aliphatic rings. The first kappa shape index (κ1) is 18.1. The SMILES string of the molecule is COCCC1(CO)CCCN(CC(C)(C)N2CCOCC2)C1. The number of aliphatic hydroxyl groups is 1. The fraction of sp³-hybridized carbons (Fsp3) is 1.00. The minimum absolute atomic E-state index is 0.0232. The van der Waals surface area contributed by atoms with E-state index in [0.717, 1.165) is 65.4 Å². The Morgan fingerprint density at radius 2 is 1.95 bits per heavy atom. The van der Waals surface area contributed by atoms with Gasteiger partial charge < -0.3 is 19.5 Å². The molecule has 2 fully saturated rings. The Labute approximate surface area is 135 Å². The van der Waals surface area contributed by atoms with Crippen LogP contribution in [0.25, 0.3) is 0 Å². The molecule has 1 N–H and O–H groups in total. The number of likely N-dealkylation sites (tertiary alicyclic amines) is 1. The lowest BCUT2D eigenvalue weighted by Crippen LogP contribution is -2.58. The van der Waals surface area contributed by atoms with Gasteiger partial charge in [0.25, 0.3) is 0 Å². The van der Waals surface area contributed by atoms with E-state index >= 15 is 0 Å². The number of methoxy groups -OCH3 is 1. The Bertz CT molecular complexity index is 332. The monoisotopic (exact) mass is 314 g/mol. The number of rotatable bonds is 7. The highest BCUT2D eigenvalue weighted by molar-refractivity contribution is 4.92. The number of hydrogen-bond acceptors (Lipinski definition) is 5. The van der Waals surface area contributed by atoms with Crippen LogP contribution in [0.2, 0.25) is 0 Å². The van der Waals surface area contributed by atoms with Gasteiger partial charge in [0.15, 0.2) is 0 Å². The van der Waals surface area contributed by atoms with Crippen molar-refractivity contribution in [2.75, 3.05) is 66.3 Å². The third-order valence-electron chi connectivity index (χ3n) is 5.39. The van der Waals surface area contributed by atoms with Crippen molar-refractivity contribution in [3.8, 4) is 0 Å². The molecule has 22 heavy (non-hydrogen) atoms. The lowest BCUT2D eigenvalue weighted by Gasteiger charge is -2.48. The second kappa shape index (κ2) is 8.06. The van der Waals surface area contributed by atoms with Crippen LogP contribution in [-0.2, 0) is 9.47 Å². The summed E-state index contributed by atoms with van der Waals surface area (Å²) in [4.78, 5) is 5.09. The molecule has 0 bridgehead atoms. The molecule has 0 aromatic heterocycles. The lowest BCUT2D eigenvalue weighted by atomic mass is 9.77. The average Bonchev–Trinajstić information content (AvgIpc) is 2.54. The molecule has 2 aliphatic heterocycles. The maximum Gasteiger partial charge on any atom is 0.0594 e. The molecule has 0 amide bonds. The van der Waals surface area contributed by atoms with Crippen molar-refractivity contribution in [2.45, 2.75) is 38.6 Å². The second-order valence-electron chi connectivity index (χ2n) is 7.63. The van der Waals surface area contributed by atoms with Gasteiger partial charge in [-0.1, -0.05) is 0 Å². The maximum absolute atomic E-state index is 9.92. The van der Waals surface area contributed by atoms with Crippen LogP contribution < -0.4 is 0 Å². The zero-order valence-electron chi connectivity index (χ0n) is 14.6. The highest BCUT2D eigenvalue weighted by Gasteiger charge is 2.38. The highest BCUT2D eigenvalue weighted by Crippen LogP contribution is 2.34. The minimum atomic E-state index is 0.0232. The van der Waals surface area contributed by atoms with E-state index in [1.54, 1.807) is 7.11 Å². The van der Waals surface area contributed by atoms with Gasteiger partial charge in [-0.25, -0.2) is 0 Å². The van der Waals surface area contributed by atoms with Gasteiger partial charge in [0.2, 0.25) is 0 Å². The first-order chi connectivity index (χ1) is 10.5. The maximum atomic E-state index is 9.92. The van der Waals surface area contributed by atoms with Gasteiger partial charge in [0.05, 0.1) is 19.8 Å². The van der Waals surface area contributed by atoms with E-state index in [2.05, 4.69) is 23.6 Å². The summed E-state index contributed by atoms with van der Waals surface area (Å²) in [6.45, 7) is 12.6. The first-order valence-corrected chi connectivity index (χ1v) is 8.66. The Morgan fingerprint density at radius 3 is 2.59 bits per heavy atom. The van der Waals surface area contributed by atoms with Gasteiger partial charge in [-0.3, -0.25) is 4.90 Å². The van der Waals surface area contributed by atoms with Crippen molar-refractivity contribution < 1.29 is 14.6 Å². The predicted octanol–water partition coefficient (Wildman–Crippen LogP) is 1.21. The molecule has 5 nitrogen and oxygen atoms in total. The standard InChI is InChI=1S/C17H34N2O3/c1-16(2,19-8-11-22-12-9-19)13-18-7-4-5-17(14-18,15-20)6-10-21-3/h20H,4-15H2,1-3H3. The number of aliphatic hydroxyl groups excluding tert-OH is 1. The summed E-state index contributed by atoms with van der Waals surface area (Å²) < 4.78 is 10.7. The number of morpholine rings is 1. The molecule has 1 unspecified atom stereocenters. The van der Waals surface area contributed by atoms with Crippen molar-refractivity contribution >= 4 is 0 Å². The lowest BCUT2D eigenvalue weighted by molar-refractivity contribution is -0.0424. The average molecular weight is 314 g/mol. The summed E-state index contributed by atoms with van der Waals surface area (Å²) in [5.74, 6) is 0. The molecular formula is C17H34N2O3. The third kappa shape index (κ3) is 4.65. The Balaban J connectivity index is 1.93. The predicted molar refractivity (Wildman–Crippen MR) is 88.2 cm³/mol. The summed E-state index contributed by atoms with van der Waals surface area (Å²) in [6.07, 6.45) is 3.24. The van der Waals surface area contributed by atoms with Crippen molar-refractivity contribution in [3.05, 3.63) is 0 Å². The Hall–Kier alpha value is -0.200. The highest BCUT2D eigenvalue weighted by atomic mass is 16.5. The van der Waals surface area contributed by atoms with Crippen molar-refractivity contribution in [1.82, 2.24) is 9.80 Å². The number of ether oxygens (including phenoxy) is 2. The molecule has 1 atom stereocenters. The van der Waals surface area contributed by atoms with Crippen molar-refractivity contribution in [2.24, 2.45) is 5.41 Å². The van der Waals surface area contributed by atoms with Gasteiger partial charge in [-0.05, 0) is 39.7 Å². The first-order valence-electron chi connectivity index (χ1n) is 8.66. The van der Waals surface area contributed by atoms with E-state index < -0.39 is 0 Å². The molecule has 0 aromatic carbocycles. The molecule has 0 aliphatic carbocycles. The van der Waals surface area contributed by atoms with Gasteiger partial charge in [-0.15, -0.1) is 0 Å². The van der Waals surface area contributed by atoms with Crippen LogP contribution in [0, 0.1) is 5.41 Å². The Morgan fingerprint density at radius 1 is 1.23 bits per heavy atom. The van der Waals surface area contributed by atoms with Crippen LogP contribution in [0.4, 0.5) is 0 Å². The summed E-state index contributed by atoms with van der Waals surface area (Å²) in [5, 5.41) is 9.92. The van der Waals surface area contributed by atoms with Crippen LogP contribution in [0.1, 0.15) is 33.1 Å². The van der Waals surface area contributed by atoms with Crippen LogP contribution >= 0.6 is 0 Å². The topological polar surface area (TPSA) is 45.2 Å². The van der Waals surface area contributed by atoms with E-state index in [4.69, 9.17) is 9.47 Å². The van der Waals surface area contributed by atoms with Gasteiger partial charge >= 0.3 is 0 Å². The van der Waals surface area contributed by atoms with Crippen molar-refractivity contribution in [1.29, 1.82) is 0 Å². The third-order valence-corrected chi connectivity index (χ3v) is 5.39. The van der Waals surface area contributed by atoms with Crippen LogP contribution in [-0.4, -0.2) is 86.7 Å². The molecule has 0 radical (unpaired) electrons. The van der Waals surface area contributed by atoms with Gasteiger partial charge in [-0.2, -0.15) is 0 Å². The molecule has 0 saturated carbocycles. The zero-order valence-corrected chi connectivity index (χ0v) is 14.6. The van der Waals surface area contributed by atoms with E-state index in [1.165, 1.54) is 6.42 Å². The largest absolute Gasteiger partial charge is 0.396 e. The normalized spacial score (nSPS) is 28.9. The smallest absolute Gasteiger partial charge is 0.0594 e. The van der Waals surface area contributed by atoms with E-state index in [0.29, 0.717) is 0 Å². The fourth-order valence-corrected chi connectivity index (χ4v) is 3.99. The molecule has 2 saturated heterocycles. The summed E-state index contributed by atoms with van der Waals surface area (Å²) in [6, 6.07) is 0. The van der Waals surface area contributed by atoms with Crippen LogP contribution in [0.15, 0.2) is 0 Å². The quantitative estimate of drug-likeness (QED) is 0.765. The number of piperidine rings is 1. The van der Waals surface area contributed by atoms with Gasteiger partial charge in [0, 0.05) is 50.8 Å². The minimum Gasteiger partial charge on any atom is -0.396 e. The summed E-state index contributed by atoms with van der Waals surface area (Å²) in [7, 11) is 1.74. The molecule has 0 aromatic rings. The molecule has 130 valence electrons. The number of nitrogens with zero attached hydrogens (tertiary/aromatic N) is 2. The van der Waals surface area contributed by atoms with E-state index in [9.17, 15) is 5.11 Å². The summed E-state index contributed by atoms with van der Waals surface area (Å²) in [5.41, 5.74) is 0.179. The van der Waals surface area contributed by atoms with Crippen molar-refractivity contribution in [3.63, 3.8) is 0 Å². The second-order valence-corrected chi connectivity index (χ2v) is 7.63. The Kier molecular flexibility index (Phi) is 6.65. The fourth-order valence-electron chi connectivity index (χ4n) is 3.99. The summed E-state index contributed by atoms with van der Waals surface area (Å²) >= 11 is 0. The molecular weight excluding hydrogens is 280 g/mol. The molecule has 2 heterocycles. The molecule has 0 spiro atoms. The van der Waals surface area contributed by atoms with E-state index in [-0.39, 0.29) is 17.6 Å². The molecule has 2 rings (SSSR count). The molecule has 5 heteroatoms. The number of hydrogen-bond donors (Lipinski definition) is 1. The van der Waals surface area contributed by atoms with Crippen LogP contribution in [0.5, 0.6) is 0 Å². The van der Waals surface area contributed by atoms with Gasteiger partial charge in [0.1, 0.15) is 0 Å².